The highest BCUT2D eigenvalue weighted by molar-refractivity contribution is 6.00. The normalized spacial score (nSPS) is 12.4. The van der Waals surface area contributed by atoms with E-state index in [4.69, 9.17) is 19.7 Å². The number of esters is 2. The number of fused-ring (bicyclic) bond motifs is 4. The number of phenolic OH excluding ortho intramolecular Hbond substituents is 2. The quantitative estimate of drug-likeness (QED) is 0.0937. The average molecular weight is 899 g/mol. The Morgan fingerprint density at radius 1 is 0.478 bits per heavy atom. The summed E-state index contributed by atoms with van der Waals surface area (Å²) in [6.45, 7) is 19.1. The van der Waals surface area contributed by atoms with Crippen LogP contribution in [0, 0.1) is 11.3 Å². The van der Waals surface area contributed by atoms with Gasteiger partial charge in [-0.15, -0.1) is 0 Å². The van der Waals surface area contributed by atoms with E-state index in [1.807, 2.05) is 107 Å². The van der Waals surface area contributed by atoms with Gasteiger partial charge in [-0.1, -0.05) is 158 Å². The summed E-state index contributed by atoms with van der Waals surface area (Å²) in [5.41, 5.74) is 4.26. The second-order valence-corrected chi connectivity index (χ2v) is 18.2. The first kappa shape index (κ1) is 51.3. The maximum Gasteiger partial charge on any atom is 0.311 e. The topological polar surface area (TPSA) is 93.1 Å². The van der Waals surface area contributed by atoms with Crippen LogP contribution in [0.25, 0.3) is 43.1 Å². The van der Waals surface area contributed by atoms with Gasteiger partial charge >= 0.3 is 11.9 Å². The Balaban J connectivity index is 0.000000177. The zero-order chi connectivity index (χ0) is 48.5. The predicted molar refractivity (Wildman–Crippen MR) is 280 cm³/mol. The molecule has 0 spiro atoms. The standard InChI is InChI=1S/C21H22O2.C20H20O2.2C10H14O/c1-4-21(2,3)20(22)23-14-18-11-7-10-17-12-15-8-5-6-9-16(15)13-19(17)18;1-3-14(2)20(21)22-13-18-10-6-9-17-11-15-7-4-5-8-16(15)12-19(17)18;2*1-3-8(2)9-4-6-10(11)7-5-9/h5-13H,4,14H2,1-3H3;4-12,14H,3,13H2,1-2H3;2*4-8,11H,3H2,1-2H3. The molecule has 0 aliphatic carbocycles. The van der Waals surface area contributed by atoms with Crippen molar-refractivity contribution in [2.24, 2.45) is 11.3 Å². The molecule has 2 N–H and O–H groups in total. The molecule has 3 atom stereocenters. The number of benzene rings is 8. The lowest BCUT2D eigenvalue weighted by Gasteiger charge is -2.20. The van der Waals surface area contributed by atoms with Gasteiger partial charge in [-0.2, -0.15) is 0 Å². The van der Waals surface area contributed by atoms with Crippen molar-refractivity contribution in [3.05, 3.63) is 180 Å². The van der Waals surface area contributed by atoms with Crippen molar-refractivity contribution in [3.63, 3.8) is 0 Å². The fourth-order valence-corrected chi connectivity index (χ4v) is 7.33. The maximum atomic E-state index is 12.2. The Morgan fingerprint density at radius 2 is 0.851 bits per heavy atom. The molecule has 0 bridgehead atoms. The van der Waals surface area contributed by atoms with Crippen LogP contribution in [-0.4, -0.2) is 22.2 Å². The summed E-state index contributed by atoms with van der Waals surface area (Å²) in [6, 6.07) is 52.5. The predicted octanol–water partition coefficient (Wildman–Crippen LogP) is 16.4. The van der Waals surface area contributed by atoms with Gasteiger partial charge in [0.1, 0.15) is 24.7 Å². The number of hydrogen-bond donors (Lipinski definition) is 2. The third kappa shape index (κ3) is 14.4. The summed E-state index contributed by atoms with van der Waals surface area (Å²) in [6.07, 6.45) is 3.86. The summed E-state index contributed by atoms with van der Waals surface area (Å²) in [5, 5.41) is 27.5. The number of ether oxygens (including phenoxy) is 2. The van der Waals surface area contributed by atoms with Crippen molar-refractivity contribution in [2.75, 3.05) is 0 Å². The molecule has 8 aromatic rings. The number of carbonyl (C=O) groups is 2. The minimum absolute atomic E-state index is 0.0455. The van der Waals surface area contributed by atoms with E-state index in [0.29, 0.717) is 36.5 Å². The maximum absolute atomic E-state index is 12.2. The molecule has 0 aliphatic rings. The van der Waals surface area contributed by atoms with Gasteiger partial charge in [0.05, 0.1) is 11.3 Å². The third-order valence-electron chi connectivity index (χ3n) is 13.0. The van der Waals surface area contributed by atoms with Gasteiger partial charge in [-0.25, -0.2) is 0 Å². The molecule has 0 heterocycles. The highest BCUT2D eigenvalue weighted by Gasteiger charge is 2.27. The number of carbonyl (C=O) groups excluding carboxylic acids is 2. The number of phenols is 2. The fourth-order valence-electron chi connectivity index (χ4n) is 7.33. The van der Waals surface area contributed by atoms with Crippen LogP contribution in [0.5, 0.6) is 11.5 Å². The summed E-state index contributed by atoms with van der Waals surface area (Å²) in [5.74, 6) is 1.56. The smallest absolute Gasteiger partial charge is 0.311 e. The van der Waals surface area contributed by atoms with Gasteiger partial charge in [-0.05, 0) is 165 Å². The largest absolute Gasteiger partial charge is 0.508 e. The van der Waals surface area contributed by atoms with Crippen molar-refractivity contribution < 1.29 is 29.3 Å². The SMILES string of the molecule is CCC(C)(C)C(=O)OCc1cccc2cc3ccccc3cc12.CCC(C)C(=O)OCc1cccc2cc3ccccc3cc12.CCC(C)c1ccc(O)cc1.CCC(C)c1ccc(O)cc1. The monoisotopic (exact) mass is 899 g/mol. The molecule has 6 nitrogen and oxygen atoms in total. The molecular formula is C61H70O6. The van der Waals surface area contributed by atoms with Gasteiger partial charge in [-0.3, -0.25) is 9.59 Å². The van der Waals surface area contributed by atoms with E-state index in [2.05, 4.69) is 88.4 Å². The van der Waals surface area contributed by atoms with Crippen LogP contribution in [-0.2, 0) is 32.3 Å². The molecule has 0 amide bonds. The minimum atomic E-state index is -0.433. The molecule has 0 aliphatic heterocycles. The Morgan fingerprint density at radius 3 is 1.22 bits per heavy atom. The van der Waals surface area contributed by atoms with E-state index < -0.39 is 5.41 Å². The summed E-state index contributed by atoms with van der Waals surface area (Å²) in [4.78, 5) is 24.1. The Hall–Kier alpha value is -6.66. The first-order valence-electron chi connectivity index (χ1n) is 23.9. The first-order chi connectivity index (χ1) is 32.2. The van der Waals surface area contributed by atoms with Crippen LogP contribution in [0.2, 0.25) is 0 Å². The van der Waals surface area contributed by atoms with E-state index >= 15 is 0 Å². The lowest BCUT2D eigenvalue weighted by Crippen LogP contribution is -2.25. The fraction of sp³-hybridized carbons (Fsp3) is 0.311. The second kappa shape index (κ2) is 24.7. The minimum Gasteiger partial charge on any atom is -0.508 e. The zero-order valence-electron chi connectivity index (χ0n) is 41.0. The summed E-state index contributed by atoms with van der Waals surface area (Å²) >= 11 is 0. The summed E-state index contributed by atoms with van der Waals surface area (Å²) < 4.78 is 11.0. The van der Waals surface area contributed by atoms with E-state index in [1.165, 1.54) is 43.4 Å². The van der Waals surface area contributed by atoms with Crippen LogP contribution < -0.4 is 0 Å². The van der Waals surface area contributed by atoms with Crippen LogP contribution in [0.1, 0.15) is 122 Å². The van der Waals surface area contributed by atoms with Crippen molar-refractivity contribution in [2.45, 2.75) is 113 Å². The van der Waals surface area contributed by atoms with Gasteiger partial charge < -0.3 is 19.7 Å². The van der Waals surface area contributed by atoms with Crippen molar-refractivity contribution in [3.8, 4) is 11.5 Å². The lowest BCUT2D eigenvalue weighted by atomic mass is 9.91. The van der Waals surface area contributed by atoms with Gasteiger partial charge in [0.25, 0.3) is 0 Å². The molecule has 8 rings (SSSR count). The first-order valence-corrected chi connectivity index (χ1v) is 23.9. The number of rotatable bonds is 12. The molecule has 350 valence electrons. The molecule has 6 heteroatoms. The highest BCUT2D eigenvalue weighted by atomic mass is 16.5. The number of hydrogen-bond acceptors (Lipinski definition) is 6. The molecule has 3 unspecified atom stereocenters. The van der Waals surface area contributed by atoms with E-state index in [-0.39, 0.29) is 17.9 Å². The molecule has 8 aromatic carbocycles. The molecule has 0 saturated heterocycles. The highest BCUT2D eigenvalue weighted by Crippen LogP contribution is 2.29. The van der Waals surface area contributed by atoms with Crippen molar-refractivity contribution >= 4 is 55.0 Å². The van der Waals surface area contributed by atoms with Gasteiger partial charge in [0.15, 0.2) is 0 Å². The molecule has 0 fully saturated rings. The van der Waals surface area contributed by atoms with Crippen LogP contribution in [0.3, 0.4) is 0 Å². The van der Waals surface area contributed by atoms with Crippen LogP contribution >= 0.6 is 0 Å². The average Bonchev–Trinajstić information content (AvgIpc) is 3.36. The van der Waals surface area contributed by atoms with Crippen molar-refractivity contribution in [1.29, 1.82) is 0 Å². The Labute approximate surface area is 398 Å². The van der Waals surface area contributed by atoms with Crippen LogP contribution in [0.15, 0.2) is 158 Å². The van der Waals surface area contributed by atoms with Crippen LogP contribution in [0.4, 0.5) is 0 Å². The summed E-state index contributed by atoms with van der Waals surface area (Å²) in [7, 11) is 0. The molecule has 0 radical (unpaired) electrons. The van der Waals surface area contributed by atoms with E-state index in [1.54, 1.807) is 24.3 Å². The lowest BCUT2D eigenvalue weighted by molar-refractivity contribution is -0.155. The number of aromatic hydroxyl groups is 2. The molecule has 67 heavy (non-hydrogen) atoms. The Bertz CT molecular complexity index is 2770. The van der Waals surface area contributed by atoms with Gasteiger partial charge in [0, 0.05) is 0 Å². The third-order valence-corrected chi connectivity index (χ3v) is 13.0. The van der Waals surface area contributed by atoms with E-state index in [0.717, 1.165) is 47.6 Å². The molecule has 0 aromatic heterocycles. The zero-order valence-corrected chi connectivity index (χ0v) is 41.0. The Kier molecular flexibility index (Phi) is 19.0. The molecular weight excluding hydrogens is 829 g/mol. The van der Waals surface area contributed by atoms with Crippen molar-refractivity contribution in [1.82, 2.24) is 0 Å². The molecule has 0 saturated carbocycles. The van der Waals surface area contributed by atoms with E-state index in [9.17, 15) is 9.59 Å². The second-order valence-electron chi connectivity index (χ2n) is 18.2. The van der Waals surface area contributed by atoms with Gasteiger partial charge in [0.2, 0.25) is 0 Å².